The van der Waals surface area contributed by atoms with Gasteiger partial charge in [0.2, 0.25) is 0 Å². The summed E-state index contributed by atoms with van der Waals surface area (Å²) < 4.78 is 14.5. The number of phosphoric ester groups is 1. The molecule has 0 bridgehead atoms. The predicted octanol–water partition coefficient (Wildman–Crippen LogP) is 2.99. The van der Waals surface area contributed by atoms with Gasteiger partial charge >= 0.3 is 0 Å². The first-order chi connectivity index (χ1) is 7.56. The van der Waals surface area contributed by atoms with E-state index >= 15 is 0 Å². The number of hydrogen-bond acceptors (Lipinski definition) is 3. The van der Waals surface area contributed by atoms with Crippen LogP contribution in [0.3, 0.4) is 0 Å². The van der Waals surface area contributed by atoms with Gasteiger partial charge in [0, 0.05) is 0 Å². The normalized spacial score (nSPS) is 14.9. The van der Waals surface area contributed by atoms with E-state index in [4.69, 9.17) is 4.89 Å². The van der Waals surface area contributed by atoms with Gasteiger partial charge in [-0.3, -0.25) is 4.57 Å². The SMILES string of the molecule is CCCCCCCCCCCOP(=O)([O-])O. The van der Waals surface area contributed by atoms with Gasteiger partial charge in [-0.05, 0) is 6.42 Å². The zero-order chi connectivity index (χ0) is 12.3. The van der Waals surface area contributed by atoms with Crippen LogP contribution in [0.4, 0.5) is 0 Å². The molecule has 0 aromatic carbocycles. The van der Waals surface area contributed by atoms with Gasteiger partial charge in [0.25, 0.3) is 7.82 Å². The Morgan fingerprint density at radius 2 is 1.44 bits per heavy atom. The fraction of sp³-hybridized carbons (Fsp3) is 1.00. The Morgan fingerprint density at radius 1 is 1.00 bits per heavy atom. The molecule has 0 radical (unpaired) electrons. The summed E-state index contributed by atoms with van der Waals surface area (Å²) in [5, 5.41) is 0. The second-order valence-electron chi connectivity index (χ2n) is 4.13. The second kappa shape index (κ2) is 10.3. The first kappa shape index (κ1) is 16.1. The third-order valence-electron chi connectivity index (χ3n) is 2.50. The molecule has 0 amide bonds. The molecule has 0 aliphatic carbocycles. The van der Waals surface area contributed by atoms with E-state index < -0.39 is 7.82 Å². The van der Waals surface area contributed by atoms with Crippen molar-refractivity contribution in [3.05, 3.63) is 0 Å². The Morgan fingerprint density at radius 3 is 1.88 bits per heavy atom. The average Bonchev–Trinajstić information content (AvgIpc) is 2.19. The summed E-state index contributed by atoms with van der Waals surface area (Å²) in [5.41, 5.74) is 0. The van der Waals surface area contributed by atoms with E-state index in [9.17, 15) is 9.46 Å². The van der Waals surface area contributed by atoms with Crippen LogP contribution in [-0.4, -0.2) is 11.5 Å². The molecule has 5 heteroatoms. The molecule has 1 atom stereocenters. The predicted molar refractivity (Wildman–Crippen MR) is 63.0 cm³/mol. The van der Waals surface area contributed by atoms with Gasteiger partial charge in [-0.25, -0.2) is 0 Å². The summed E-state index contributed by atoms with van der Waals surface area (Å²) in [6.07, 6.45) is 10.5. The van der Waals surface area contributed by atoms with Crippen LogP contribution >= 0.6 is 7.82 Å². The lowest BCUT2D eigenvalue weighted by molar-refractivity contribution is -0.219. The fourth-order valence-corrected chi connectivity index (χ4v) is 1.95. The monoisotopic (exact) mass is 251 g/mol. The van der Waals surface area contributed by atoms with E-state index in [-0.39, 0.29) is 6.61 Å². The van der Waals surface area contributed by atoms with Crippen LogP contribution in [0.25, 0.3) is 0 Å². The van der Waals surface area contributed by atoms with Crippen LogP contribution in [0.15, 0.2) is 0 Å². The third kappa shape index (κ3) is 14.1. The van der Waals surface area contributed by atoms with E-state index in [0.29, 0.717) is 6.42 Å². The minimum atomic E-state index is -4.49. The van der Waals surface area contributed by atoms with Crippen molar-refractivity contribution >= 4 is 7.82 Å². The minimum Gasteiger partial charge on any atom is -0.756 e. The molecule has 0 aromatic rings. The van der Waals surface area contributed by atoms with Crippen molar-refractivity contribution in [2.45, 2.75) is 64.7 Å². The summed E-state index contributed by atoms with van der Waals surface area (Å²) in [6, 6.07) is 0. The smallest absolute Gasteiger partial charge is 0.265 e. The van der Waals surface area contributed by atoms with E-state index in [1.807, 2.05) is 0 Å². The van der Waals surface area contributed by atoms with Crippen molar-refractivity contribution in [2.24, 2.45) is 0 Å². The molecule has 0 aliphatic rings. The van der Waals surface area contributed by atoms with E-state index in [1.165, 1.54) is 38.5 Å². The first-order valence-corrected chi connectivity index (χ1v) is 7.74. The zero-order valence-corrected chi connectivity index (χ0v) is 11.1. The summed E-state index contributed by atoms with van der Waals surface area (Å²) in [7, 11) is -4.49. The molecule has 1 unspecified atom stereocenters. The van der Waals surface area contributed by atoms with Crippen molar-refractivity contribution in [3.63, 3.8) is 0 Å². The average molecular weight is 251 g/mol. The Hall–Kier alpha value is 0.110. The molecule has 0 fully saturated rings. The Kier molecular flexibility index (Phi) is 10.3. The lowest BCUT2D eigenvalue weighted by atomic mass is 10.1. The number of rotatable bonds is 11. The van der Waals surface area contributed by atoms with Crippen LogP contribution in [0.2, 0.25) is 0 Å². The van der Waals surface area contributed by atoms with Gasteiger partial charge in [-0.15, -0.1) is 0 Å². The van der Waals surface area contributed by atoms with Gasteiger partial charge in [0.05, 0.1) is 6.61 Å². The first-order valence-electron chi connectivity index (χ1n) is 6.24. The van der Waals surface area contributed by atoms with Crippen molar-refractivity contribution in [2.75, 3.05) is 6.61 Å². The highest BCUT2D eigenvalue weighted by Crippen LogP contribution is 2.30. The highest BCUT2D eigenvalue weighted by molar-refractivity contribution is 7.44. The molecule has 0 heterocycles. The summed E-state index contributed by atoms with van der Waals surface area (Å²) in [4.78, 5) is 18.5. The molecule has 0 saturated carbocycles. The van der Waals surface area contributed by atoms with Gasteiger partial charge < -0.3 is 14.3 Å². The van der Waals surface area contributed by atoms with E-state index in [1.54, 1.807) is 0 Å². The zero-order valence-electron chi connectivity index (χ0n) is 10.2. The standard InChI is InChI=1S/C11H25O4P/c1-2-3-4-5-6-7-8-9-10-11-15-16(12,13)14/h2-11H2,1H3,(H2,12,13,14)/p-1. The van der Waals surface area contributed by atoms with Crippen molar-refractivity contribution < 1.29 is 18.9 Å². The maximum absolute atomic E-state index is 10.2. The van der Waals surface area contributed by atoms with Gasteiger partial charge in [-0.2, -0.15) is 0 Å². The number of phosphoric acid groups is 1. The van der Waals surface area contributed by atoms with E-state index in [0.717, 1.165) is 12.8 Å². The Bertz CT molecular complexity index is 190. The highest BCUT2D eigenvalue weighted by Gasteiger charge is 2.00. The molecule has 16 heavy (non-hydrogen) atoms. The summed E-state index contributed by atoms with van der Waals surface area (Å²) in [5.74, 6) is 0. The molecule has 0 aromatic heterocycles. The number of hydrogen-bond donors (Lipinski definition) is 1. The maximum Gasteiger partial charge on any atom is 0.265 e. The molecule has 1 N–H and O–H groups in total. The minimum absolute atomic E-state index is 0.104. The van der Waals surface area contributed by atoms with Gasteiger partial charge in [0.1, 0.15) is 0 Å². The Balaban J connectivity index is 3.02. The van der Waals surface area contributed by atoms with Crippen molar-refractivity contribution in [1.82, 2.24) is 0 Å². The van der Waals surface area contributed by atoms with Crippen LogP contribution < -0.4 is 4.89 Å². The largest absolute Gasteiger partial charge is 0.756 e. The van der Waals surface area contributed by atoms with Gasteiger partial charge in [0.15, 0.2) is 0 Å². The van der Waals surface area contributed by atoms with Gasteiger partial charge in [-0.1, -0.05) is 58.3 Å². The molecule has 0 aliphatic heterocycles. The number of unbranched alkanes of at least 4 members (excludes halogenated alkanes) is 8. The molecule has 98 valence electrons. The molecular weight excluding hydrogens is 227 g/mol. The summed E-state index contributed by atoms with van der Waals surface area (Å²) in [6.45, 7) is 2.31. The summed E-state index contributed by atoms with van der Waals surface area (Å²) >= 11 is 0. The molecule has 4 nitrogen and oxygen atoms in total. The molecule has 0 rings (SSSR count). The lowest BCUT2D eigenvalue weighted by Crippen LogP contribution is -2.04. The third-order valence-corrected chi connectivity index (χ3v) is 3.01. The maximum atomic E-state index is 10.2. The van der Waals surface area contributed by atoms with Crippen molar-refractivity contribution in [1.29, 1.82) is 0 Å². The second-order valence-corrected chi connectivity index (χ2v) is 5.33. The van der Waals surface area contributed by atoms with Crippen molar-refractivity contribution in [3.8, 4) is 0 Å². The highest BCUT2D eigenvalue weighted by atomic mass is 31.2. The molecule has 0 spiro atoms. The molecule has 0 saturated heterocycles. The quantitative estimate of drug-likeness (QED) is 0.452. The van der Waals surface area contributed by atoms with Crippen LogP contribution in [0, 0.1) is 0 Å². The van der Waals surface area contributed by atoms with Crippen LogP contribution in [-0.2, 0) is 9.09 Å². The van der Waals surface area contributed by atoms with E-state index in [2.05, 4.69) is 11.4 Å². The topological polar surface area (TPSA) is 69.6 Å². The lowest BCUT2D eigenvalue weighted by Gasteiger charge is -2.14. The van der Waals surface area contributed by atoms with Crippen LogP contribution in [0.1, 0.15) is 64.7 Å². The fourth-order valence-electron chi connectivity index (χ4n) is 1.59. The Labute approximate surface area is 98.6 Å². The van der Waals surface area contributed by atoms with Crippen LogP contribution in [0.5, 0.6) is 0 Å². The molecular formula is C11H24O4P-.